The first-order chi connectivity index (χ1) is 9.97. The molecule has 2 rings (SSSR count). The van der Waals surface area contributed by atoms with E-state index >= 15 is 0 Å². The number of carbonyl (C=O) groups is 1. The zero-order valence-electron chi connectivity index (χ0n) is 12.7. The lowest BCUT2D eigenvalue weighted by Gasteiger charge is -2.22. The Morgan fingerprint density at radius 1 is 1.52 bits per heavy atom. The fraction of sp³-hybridized carbons (Fsp3) is 0.562. The van der Waals surface area contributed by atoms with Gasteiger partial charge in [0.05, 0.1) is 5.92 Å². The van der Waals surface area contributed by atoms with Crippen molar-refractivity contribution >= 4 is 27.5 Å². The van der Waals surface area contributed by atoms with Crippen LogP contribution in [0, 0.1) is 11.8 Å². The molecule has 0 aliphatic carbocycles. The number of rotatable bonds is 6. The molecule has 21 heavy (non-hydrogen) atoms. The van der Waals surface area contributed by atoms with Gasteiger partial charge in [0.25, 0.3) is 0 Å². The van der Waals surface area contributed by atoms with E-state index in [-0.39, 0.29) is 11.8 Å². The fourth-order valence-corrected chi connectivity index (χ4v) is 3.12. The molecule has 0 spiro atoms. The van der Waals surface area contributed by atoms with Gasteiger partial charge in [-0.15, -0.1) is 0 Å². The van der Waals surface area contributed by atoms with Gasteiger partial charge in [-0.3, -0.25) is 4.79 Å². The molecular formula is C16H24BrN3O. The van der Waals surface area contributed by atoms with Crippen LogP contribution in [-0.4, -0.2) is 25.5 Å². The van der Waals surface area contributed by atoms with Crippen molar-refractivity contribution in [1.29, 1.82) is 0 Å². The summed E-state index contributed by atoms with van der Waals surface area (Å²) in [5.74, 6) is 0.422. The van der Waals surface area contributed by atoms with Crippen molar-refractivity contribution in [3.8, 4) is 0 Å². The summed E-state index contributed by atoms with van der Waals surface area (Å²) >= 11 is 3.54. The summed E-state index contributed by atoms with van der Waals surface area (Å²) in [6.45, 7) is 7.86. The van der Waals surface area contributed by atoms with Crippen LogP contribution in [0.25, 0.3) is 0 Å². The molecule has 4 nitrogen and oxygen atoms in total. The number of anilines is 1. The molecule has 1 fully saturated rings. The minimum absolute atomic E-state index is 0.0230. The van der Waals surface area contributed by atoms with Gasteiger partial charge in [-0.1, -0.05) is 29.8 Å². The Balaban J connectivity index is 2.10. The highest BCUT2D eigenvalue weighted by molar-refractivity contribution is 9.10. The van der Waals surface area contributed by atoms with Crippen LogP contribution < -0.4 is 16.0 Å². The molecule has 1 saturated heterocycles. The van der Waals surface area contributed by atoms with Crippen LogP contribution in [0.3, 0.4) is 0 Å². The maximum absolute atomic E-state index is 11.3. The van der Waals surface area contributed by atoms with Crippen LogP contribution in [0.4, 0.5) is 5.69 Å². The predicted molar refractivity (Wildman–Crippen MR) is 90.2 cm³/mol. The van der Waals surface area contributed by atoms with Crippen molar-refractivity contribution in [2.24, 2.45) is 17.6 Å². The topological polar surface area (TPSA) is 58.4 Å². The second-order valence-corrected chi connectivity index (χ2v) is 7.05. The molecule has 5 heteroatoms. The quantitative estimate of drug-likeness (QED) is 0.825. The molecule has 1 atom stereocenters. The van der Waals surface area contributed by atoms with Crippen molar-refractivity contribution in [2.75, 3.05) is 24.5 Å². The predicted octanol–water partition coefficient (Wildman–Crippen LogP) is 2.51. The largest absolute Gasteiger partial charge is 0.370 e. The van der Waals surface area contributed by atoms with E-state index in [9.17, 15) is 4.79 Å². The molecule has 1 heterocycles. The van der Waals surface area contributed by atoms with Gasteiger partial charge in [-0.05, 0) is 42.6 Å². The van der Waals surface area contributed by atoms with Crippen molar-refractivity contribution in [3.05, 3.63) is 28.2 Å². The highest BCUT2D eigenvalue weighted by atomic mass is 79.9. The molecule has 3 N–H and O–H groups in total. The zero-order valence-corrected chi connectivity index (χ0v) is 14.3. The van der Waals surface area contributed by atoms with Crippen LogP contribution in [0.2, 0.25) is 0 Å². The average Bonchev–Trinajstić information content (AvgIpc) is 2.88. The third-order valence-corrected chi connectivity index (χ3v) is 4.33. The Morgan fingerprint density at radius 2 is 2.29 bits per heavy atom. The van der Waals surface area contributed by atoms with Gasteiger partial charge in [-0.2, -0.15) is 0 Å². The van der Waals surface area contributed by atoms with Crippen LogP contribution in [0.5, 0.6) is 0 Å². The monoisotopic (exact) mass is 353 g/mol. The van der Waals surface area contributed by atoms with Gasteiger partial charge in [0.2, 0.25) is 5.91 Å². The van der Waals surface area contributed by atoms with E-state index in [1.165, 1.54) is 11.3 Å². The van der Waals surface area contributed by atoms with Crippen LogP contribution in [0.15, 0.2) is 22.7 Å². The number of hydrogen-bond acceptors (Lipinski definition) is 3. The highest BCUT2D eigenvalue weighted by Gasteiger charge is 2.27. The first-order valence-electron chi connectivity index (χ1n) is 7.50. The lowest BCUT2D eigenvalue weighted by Crippen LogP contribution is -2.28. The van der Waals surface area contributed by atoms with Crippen molar-refractivity contribution in [3.63, 3.8) is 0 Å². The van der Waals surface area contributed by atoms with E-state index in [0.29, 0.717) is 5.92 Å². The molecule has 116 valence electrons. The standard InChI is InChI=1S/C16H24BrN3O/c1-11(2)8-19-9-13-7-14(17)3-4-15(13)20-6-5-12(10-20)16(18)21/h3-4,7,11-12,19H,5-6,8-10H2,1-2H3,(H2,18,21). The summed E-state index contributed by atoms with van der Waals surface area (Å²) in [6, 6.07) is 6.33. The number of amides is 1. The number of primary amides is 1. The average molecular weight is 354 g/mol. The van der Waals surface area contributed by atoms with Crippen molar-refractivity contribution in [2.45, 2.75) is 26.8 Å². The van der Waals surface area contributed by atoms with Gasteiger partial charge in [-0.25, -0.2) is 0 Å². The summed E-state index contributed by atoms with van der Waals surface area (Å²) < 4.78 is 1.08. The van der Waals surface area contributed by atoms with Crippen LogP contribution in [-0.2, 0) is 11.3 Å². The number of nitrogens with zero attached hydrogens (tertiary/aromatic N) is 1. The Bertz CT molecular complexity index is 504. The third-order valence-electron chi connectivity index (χ3n) is 3.84. The number of nitrogens with one attached hydrogen (secondary N) is 1. The van der Waals surface area contributed by atoms with Gasteiger partial charge < -0.3 is 16.0 Å². The van der Waals surface area contributed by atoms with Gasteiger partial charge in [0.1, 0.15) is 0 Å². The van der Waals surface area contributed by atoms with E-state index < -0.39 is 0 Å². The molecule has 1 aromatic carbocycles. The van der Waals surface area contributed by atoms with E-state index in [1.54, 1.807) is 0 Å². The maximum atomic E-state index is 11.3. The number of benzene rings is 1. The molecule has 0 radical (unpaired) electrons. The Morgan fingerprint density at radius 3 is 2.90 bits per heavy atom. The minimum atomic E-state index is -0.186. The molecule has 1 amide bonds. The second kappa shape index (κ2) is 7.27. The number of carbonyl (C=O) groups excluding carboxylic acids is 1. The van der Waals surface area contributed by atoms with E-state index in [0.717, 1.165) is 37.1 Å². The van der Waals surface area contributed by atoms with Crippen molar-refractivity contribution < 1.29 is 4.79 Å². The fourth-order valence-electron chi connectivity index (χ4n) is 2.71. The maximum Gasteiger partial charge on any atom is 0.222 e. The number of halogens is 1. The zero-order chi connectivity index (χ0) is 15.4. The van der Waals surface area contributed by atoms with E-state index in [2.05, 4.69) is 58.2 Å². The summed E-state index contributed by atoms with van der Waals surface area (Å²) in [7, 11) is 0. The molecule has 0 aromatic heterocycles. The SMILES string of the molecule is CC(C)CNCc1cc(Br)ccc1N1CCC(C(N)=O)C1. The highest BCUT2D eigenvalue weighted by Crippen LogP contribution is 2.29. The lowest BCUT2D eigenvalue weighted by molar-refractivity contribution is -0.121. The van der Waals surface area contributed by atoms with Crippen LogP contribution in [0.1, 0.15) is 25.8 Å². The van der Waals surface area contributed by atoms with Gasteiger partial charge >= 0.3 is 0 Å². The molecule has 1 aliphatic heterocycles. The van der Waals surface area contributed by atoms with Gasteiger partial charge in [0, 0.05) is 29.8 Å². The molecule has 1 unspecified atom stereocenters. The smallest absolute Gasteiger partial charge is 0.222 e. The summed E-state index contributed by atoms with van der Waals surface area (Å²) in [6.07, 6.45) is 0.851. The first-order valence-corrected chi connectivity index (χ1v) is 8.30. The van der Waals surface area contributed by atoms with E-state index in [1.807, 2.05) is 0 Å². The Labute approximate surface area is 135 Å². The molecule has 1 aromatic rings. The number of hydrogen-bond donors (Lipinski definition) is 2. The second-order valence-electron chi connectivity index (χ2n) is 6.13. The summed E-state index contributed by atoms with van der Waals surface area (Å²) in [4.78, 5) is 13.6. The normalized spacial score (nSPS) is 18.5. The van der Waals surface area contributed by atoms with E-state index in [4.69, 9.17) is 5.73 Å². The Kier molecular flexibility index (Phi) is 5.65. The summed E-state index contributed by atoms with van der Waals surface area (Å²) in [5, 5.41) is 3.49. The minimum Gasteiger partial charge on any atom is -0.370 e. The first kappa shape index (κ1) is 16.3. The lowest BCUT2D eigenvalue weighted by atomic mass is 10.1. The Hall–Kier alpha value is -1.07. The van der Waals surface area contributed by atoms with Gasteiger partial charge in [0.15, 0.2) is 0 Å². The summed E-state index contributed by atoms with van der Waals surface area (Å²) in [5.41, 5.74) is 7.89. The number of nitrogens with two attached hydrogens (primary N) is 1. The molecule has 1 aliphatic rings. The van der Waals surface area contributed by atoms with Crippen molar-refractivity contribution in [1.82, 2.24) is 5.32 Å². The molecular weight excluding hydrogens is 330 g/mol. The molecule has 0 saturated carbocycles. The molecule has 0 bridgehead atoms. The van der Waals surface area contributed by atoms with Crippen LogP contribution >= 0.6 is 15.9 Å². The third kappa shape index (κ3) is 4.45.